The number of pyridine rings is 1. The summed E-state index contributed by atoms with van der Waals surface area (Å²) in [6.07, 6.45) is 4.64. The summed E-state index contributed by atoms with van der Waals surface area (Å²) in [5, 5.41) is 12.8. The fourth-order valence-corrected chi connectivity index (χ4v) is 2.46. The number of nitrogens with zero attached hydrogens (tertiary/aromatic N) is 1. The summed E-state index contributed by atoms with van der Waals surface area (Å²) < 4.78 is 0. The molecule has 0 saturated heterocycles. The molecule has 0 atom stereocenters. The number of aryl methyl sites for hydroxylation is 1. The van der Waals surface area contributed by atoms with Crippen LogP contribution in [-0.4, -0.2) is 23.2 Å². The van der Waals surface area contributed by atoms with Gasteiger partial charge in [-0.05, 0) is 31.9 Å². The number of aromatic nitrogens is 1. The first-order valence-corrected chi connectivity index (χ1v) is 6.23. The summed E-state index contributed by atoms with van der Waals surface area (Å²) in [6, 6.07) is 3.76. The summed E-state index contributed by atoms with van der Waals surface area (Å²) in [5.41, 5.74) is 7.34. The van der Waals surface area contributed by atoms with Crippen LogP contribution in [0.2, 0.25) is 0 Å². The number of nitrogens with one attached hydrogen (secondary N) is 1. The molecule has 1 aromatic rings. The van der Waals surface area contributed by atoms with Gasteiger partial charge in [-0.25, -0.2) is 4.98 Å². The summed E-state index contributed by atoms with van der Waals surface area (Å²) in [4.78, 5) is 4.38. The first-order valence-electron chi connectivity index (χ1n) is 6.23. The maximum Gasteiger partial charge on any atom is 0.126 e. The van der Waals surface area contributed by atoms with Gasteiger partial charge in [0.2, 0.25) is 0 Å². The minimum absolute atomic E-state index is 0.0526. The van der Waals surface area contributed by atoms with Gasteiger partial charge in [-0.1, -0.05) is 12.8 Å². The molecule has 1 aromatic heterocycles. The minimum Gasteiger partial charge on any atom is -0.397 e. The molecule has 0 spiro atoms. The zero-order valence-corrected chi connectivity index (χ0v) is 10.4. The number of anilines is 2. The molecule has 4 nitrogen and oxygen atoms in total. The van der Waals surface area contributed by atoms with Gasteiger partial charge in [0.05, 0.1) is 18.0 Å². The van der Waals surface area contributed by atoms with E-state index in [0.29, 0.717) is 5.69 Å². The monoisotopic (exact) mass is 235 g/mol. The Bertz CT molecular complexity index is 386. The zero-order chi connectivity index (χ0) is 12.3. The van der Waals surface area contributed by atoms with Crippen molar-refractivity contribution in [3.05, 3.63) is 17.8 Å². The number of hydrogen-bond donors (Lipinski definition) is 3. The topological polar surface area (TPSA) is 71.2 Å². The van der Waals surface area contributed by atoms with Crippen LogP contribution in [0.4, 0.5) is 11.5 Å². The Morgan fingerprint density at radius 3 is 2.71 bits per heavy atom. The van der Waals surface area contributed by atoms with E-state index in [0.717, 1.165) is 30.9 Å². The van der Waals surface area contributed by atoms with Crippen LogP contribution in [0.25, 0.3) is 0 Å². The van der Waals surface area contributed by atoms with E-state index in [4.69, 9.17) is 5.73 Å². The van der Waals surface area contributed by atoms with Gasteiger partial charge >= 0.3 is 0 Å². The summed E-state index contributed by atoms with van der Waals surface area (Å²) in [5.74, 6) is 0.844. The second-order valence-electron chi connectivity index (χ2n) is 5.09. The maximum absolute atomic E-state index is 9.51. The molecule has 0 aromatic carbocycles. The van der Waals surface area contributed by atoms with Crippen LogP contribution < -0.4 is 11.1 Å². The Balaban J connectivity index is 1.99. The van der Waals surface area contributed by atoms with Crippen molar-refractivity contribution in [3.8, 4) is 0 Å². The number of hydrogen-bond acceptors (Lipinski definition) is 4. The highest BCUT2D eigenvalue weighted by molar-refractivity contribution is 5.49. The van der Waals surface area contributed by atoms with E-state index in [-0.39, 0.29) is 12.0 Å². The van der Waals surface area contributed by atoms with Crippen molar-refractivity contribution in [2.45, 2.75) is 32.6 Å². The first-order chi connectivity index (χ1) is 8.15. The van der Waals surface area contributed by atoms with E-state index in [9.17, 15) is 5.11 Å². The van der Waals surface area contributed by atoms with Gasteiger partial charge in [-0.2, -0.15) is 0 Å². The molecule has 0 unspecified atom stereocenters. The van der Waals surface area contributed by atoms with Gasteiger partial charge in [-0.15, -0.1) is 0 Å². The van der Waals surface area contributed by atoms with Crippen LogP contribution >= 0.6 is 0 Å². The molecule has 1 saturated carbocycles. The molecule has 1 aliphatic carbocycles. The summed E-state index contributed by atoms with van der Waals surface area (Å²) in [7, 11) is 0. The SMILES string of the molecule is Cc1nc(NCC2(CO)CCCC2)ccc1N. The molecule has 17 heavy (non-hydrogen) atoms. The fraction of sp³-hybridized carbons (Fsp3) is 0.615. The minimum atomic E-state index is 0.0526. The van der Waals surface area contributed by atoms with Crippen molar-refractivity contribution >= 4 is 11.5 Å². The molecule has 0 radical (unpaired) electrons. The number of rotatable bonds is 4. The third kappa shape index (κ3) is 2.69. The number of aliphatic hydroxyl groups excluding tert-OH is 1. The highest BCUT2D eigenvalue weighted by Gasteiger charge is 2.32. The van der Waals surface area contributed by atoms with E-state index in [1.54, 1.807) is 0 Å². The van der Waals surface area contributed by atoms with Crippen molar-refractivity contribution in [3.63, 3.8) is 0 Å². The van der Waals surface area contributed by atoms with E-state index >= 15 is 0 Å². The van der Waals surface area contributed by atoms with Gasteiger partial charge in [0.25, 0.3) is 0 Å². The van der Waals surface area contributed by atoms with Crippen molar-refractivity contribution in [2.75, 3.05) is 24.2 Å². The van der Waals surface area contributed by atoms with Crippen LogP contribution in [0.1, 0.15) is 31.4 Å². The smallest absolute Gasteiger partial charge is 0.126 e. The zero-order valence-electron chi connectivity index (χ0n) is 10.4. The van der Waals surface area contributed by atoms with Crippen LogP contribution in [0.5, 0.6) is 0 Å². The lowest BCUT2D eigenvalue weighted by Crippen LogP contribution is -2.30. The Labute approximate surface area is 102 Å². The number of nitrogen functional groups attached to an aromatic ring is 1. The Hall–Kier alpha value is -1.29. The third-order valence-corrected chi connectivity index (χ3v) is 3.77. The molecular weight excluding hydrogens is 214 g/mol. The Morgan fingerprint density at radius 1 is 1.41 bits per heavy atom. The molecular formula is C13H21N3O. The second-order valence-corrected chi connectivity index (χ2v) is 5.09. The third-order valence-electron chi connectivity index (χ3n) is 3.77. The van der Waals surface area contributed by atoms with Crippen molar-refractivity contribution in [2.24, 2.45) is 5.41 Å². The molecule has 0 bridgehead atoms. The molecule has 94 valence electrons. The largest absolute Gasteiger partial charge is 0.397 e. The quantitative estimate of drug-likeness (QED) is 0.746. The first kappa shape index (κ1) is 12.2. The van der Waals surface area contributed by atoms with E-state index < -0.39 is 0 Å². The highest BCUT2D eigenvalue weighted by atomic mass is 16.3. The van der Waals surface area contributed by atoms with E-state index in [1.807, 2.05) is 19.1 Å². The van der Waals surface area contributed by atoms with Gasteiger partial charge in [0, 0.05) is 12.0 Å². The van der Waals surface area contributed by atoms with Crippen molar-refractivity contribution in [1.82, 2.24) is 4.98 Å². The maximum atomic E-state index is 9.51. The predicted octanol–water partition coefficient (Wildman–Crippen LogP) is 1.94. The van der Waals surface area contributed by atoms with Crippen molar-refractivity contribution < 1.29 is 5.11 Å². The van der Waals surface area contributed by atoms with E-state index in [1.165, 1.54) is 12.8 Å². The molecule has 4 N–H and O–H groups in total. The van der Waals surface area contributed by atoms with Crippen molar-refractivity contribution in [1.29, 1.82) is 0 Å². The molecule has 1 aliphatic rings. The standard InChI is InChI=1S/C13H21N3O/c1-10-11(14)4-5-12(16-10)15-8-13(9-17)6-2-3-7-13/h4-5,17H,2-3,6-9,14H2,1H3,(H,15,16). The van der Waals surface area contributed by atoms with Gasteiger partial charge in [-0.3, -0.25) is 0 Å². The van der Waals surface area contributed by atoms with Crippen LogP contribution in [0.3, 0.4) is 0 Å². The average molecular weight is 235 g/mol. The molecule has 0 amide bonds. The average Bonchev–Trinajstić information content (AvgIpc) is 2.80. The van der Waals surface area contributed by atoms with Crippen LogP contribution in [0.15, 0.2) is 12.1 Å². The molecule has 1 heterocycles. The lowest BCUT2D eigenvalue weighted by atomic mass is 9.87. The highest BCUT2D eigenvalue weighted by Crippen LogP contribution is 2.37. The molecule has 4 heteroatoms. The normalized spacial score (nSPS) is 18.2. The lowest BCUT2D eigenvalue weighted by Gasteiger charge is -2.26. The predicted molar refractivity (Wildman–Crippen MR) is 69.9 cm³/mol. The van der Waals surface area contributed by atoms with E-state index in [2.05, 4.69) is 10.3 Å². The van der Waals surface area contributed by atoms with Crippen LogP contribution in [0, 0.1) is 12.3 Å². The number of nitrogens with two attached hydrogens (primary N) is 1. The lowest BCUT2D eigenvalue weighted by molar-refractivity contribution is 0.142. The summed E-state index contributed by atoms with van der Waals surface area (Å²) >= 11 is 0. The van der Waals surface area contributed by atoms with Crippen LogP contribution in [-0.2, 0) is 0 Å². The Morgan fingerprint density at radius 2 is 2.12 bits per heavy atom. The van der Waals surface area contributed by atoms with Gasteiger partial charge in [0.1, 0.15) is 5.82 Å². The fourth-order valence-electron chi connectivity index (χ4n) is 2.46. The summed E-state index contributed by atoms with van der Waals surface area (Å²) in [6.45, 7) is 2.95. The van der Waals surface area contributed by atoms with Gasteiger partial charge in [0.15, 0.2) is 0 Å². The second kappa shape index (κ2) is 4.92. The molecule has 2 rings (SSSR count). The van der Waals surface area contributed by atoms with Gasteiger partial charge < -0.3 is 16.2 Å². The Kier molecular flexibility index (Phi) is 3.52. The molecule has 0 aliphatic heterocycles. The molecule has 1 fully saturated rings. The number of aliphatic hydroxyl groups is 1.